The van der Waals surface area contributed by atoms with E-state index in [1.54, 1.807) is 0 Å². The van der Waals surface area contributed by atoms with Gasteiger partial charge in [0.2, 0.25) is 0 Å². The summed E-state index contributed by atoms with van der Waals surface area (Å²) in [4.78, 5) is 0. The minimum absolute atomic E-state index is 0.456. The van der Waals surface area contributed by atoms with Crippen LogP contribution in [0, 0.1) is 108 Å². The van der Waals surface area contributed by atoms with Crippen LogP contribution in [0.15, 0.2) is 0 Å². The maximum absolute atomic E-state index is 5.77. The van der Waals surface area contributed by atoms with Gasteiger partial charge in [-0.1, -0.05) is 152 Å². The molecule has 24 unspecified atom stereocenters. The third-order valence-corrected chi connectivity index (χ3v) is 25.2. The van der Waals surface area contributed by atoms with Crippen molar-refractivity contribution in [2.45, 2.75) is 340 Å². The van der Waals surface area contributed by atoms with Crippen LogP contribution < -0.4 is 0 Å². The Morgan fingerprint density at radius 2 is 0.808 bits per heavy atom. The second-order valence-electron chi connectivity index (χ2n) is 37.3. The molecule has 7 heteroatoms. The minimum Gasteiger partial charge on any atom is -0.370 e. The smallest absolute Gasteiger partial charge is 0.0905 e. The van der Waals surface area contributed by atoms with Gasteiger partial charge in [0, 0.05) is 5.41 Å². The molecule has 17 fully saturated rings. The van der Waals surface area contributed by atoms with E-state index >= 15 is 0 Å². The van der Waals surface area contributed by atoms with Crippen molar-refractivity contribution in [1.82, 2.24) is 0 Å². The van der Waals surface area contributed by atoms with Crippen LogP contribution >= 0.6 is 0 Å². The Morgan fingerprint density at radius 3 is 1.22 bits per heavy atom. The van der Waals surface area contributed by atoms with E-state index in [1.165, 1.54) is 109 Å². The molecule has 0 aromatic carbocycles. The number of hydrogen-bond donors (Lipinski definition) is 0. The number of fused-ring (bicyclic) bond motifs is 19. The zero-order valence-electron chi connectivity index (χ0n) is 54.3. The average Bonchev–Trinajstić information content (AvgIpc) is 4.24. The van der Waals surface area contributed by atoms with Gasteiger partial charge in [0.05, 0.1) is 85.5 Å². The molecule has 78 heavy (non-hydrogen) atoms. The van der Waals surface area contributed by atoms with Crippen molar-refractivity contribution in [2.75, 3.05) is 0 Å². The minimum atomic E-state index is 0.456. The Bertz CT molecular complexity index is 2060. The Labute approximate surface area is 479 Å². The van der Waals surface area contributed by atoms with Crippen molar-refractivity contribution in [2.24, 2.45) is 108 Å². The number of rotatable bonds is 0. The van der Waals surface area contributed by atoms with Crippen LogP contribution in [0.2, 0.25) is 0 Å². The molecule has 7 saturated heterocycles. The van der Waals surface area contributed by atoms with Crippen LogP contribution in [-0.2, 0) is 33.2 Å². The first-order valence-electron chi connectivity index (χ1n) is 33.6. The van der Waals surface area contributed by atoms with E-state index in [4.69, 9.17) is 33.2 Å². The maximum atomic E-state index is 5.77. The fourth-order valence-electron chi connectivity index (χ4n) is 19.9. The molecule has 17 rings (SSSR count). The summed E-state index contributed by atoms with van der Waals surface area (Å²) < 4.78 is 39.1. The van der Waals surface area contributed by atoms with E-state index in [1.807, 2.05) is 0 Å². The molecular formula is C71H122O7. The van der Waals surface area contributed by atoms with Crippen molar-refractivity contribution >= 4 is 0 Å². The van der Waals surface area contributed by atoms with Gasteiger partial charge in [-0.2, -0.15) is 0 Å². The van der Waals surface area contributed by atoms with Crippen LogP contribution in [0.25, 0.3) is 0 Å². The predicted octanol–water partition coefficient (Wildman–Crippen LogP) is 17.1. The highest BCUT2D eigenvalue weighted by molar-refractivity contribution is 5.19. The summed E-state index contributed by atoms with van der Waals surface area (Å²) in [6.45, 7) is 49.5. The van der Waals surface area contributed by atoms with Gasteiger partial charge in [0.1, 0.15) is 0 Å². The Hall–Kier alpha value is -0.280. The molecule has 0 aromatic heterocycles. The van der Waals surface area contributed by atoms with E-state index in [0.29, 0.717) is 129 Å². The molecule has 7 aliphatic heterocycles. The lowest BCUT2D eigenvalue weighted by Crippen LogP contribution is -2.37. The second-order valence-corrected chi connectivity index (χ2v) is 37.3. The van der Waals surface area contributed by atoms with Gasteiger partial charge >= 0.3 is 0 Å². The van der Waals surface area contributed by atoms with Gasteiger partial charge in [-0.15, -0.1) is 0 Å². The van der Waals surface area contributed by atoms with Crippen molar-refractivity contribution < 1.29 is 33.2 Å². The molecule has 448 valence electrons. The molecule has 10 aliphatic carbocycles. The Morgan fingerprint density at radius 1 is 0.308 bits per heavy atom. The molecule has 0 aromatic rings. The van der Waals surface area contributed by atoms with E-state index in [9.17, 15) is 0 Å². The van der Waals surface area contributed by atoms with Crippen molar-refractivity contribution in [3.63, 3.8) is 0 Å². The molecule has 0 N–H and O–H groups in total. The first-order valence-corrected chi connectivity index (χ1v) is 33.6. The summed E-state index contributed by atoms with van der Waals surface area (Å²) in [5.41, 5.74) is 3.97. The zero-order chi connectivity index (χ0) is 56.4. The highest BCUT2D eigenvalue weighted by Gasteiger charge is 2.71. The van der Waals surface area contributed by atoms with Gasteiger partial charge in [0.25, 0.3) is 0 Å². The summed E-state index contributed by atoms with van der Waals surface area (Å²) in [5, 5.41) is 0. The standard InChI is InChI=1S/3C11H18O.2C10H18O.2C9H16O/c1-11(2,3)8-5-6-4-7(8)10-9(6)12-10;1-10(2,3)11-5-4-7(6-11)8-9(11)12-8;1-11(2,3)8-6-4-5-7(8)10-9(6)12-10;1-10(2,3)7-4-5-8-9(6-7)11-8;1-10(2,3)7-5-4-6-8-9(7)11-8;1-9(2,3)6-4-7-8(5-6)10-7;1-9(2,3)6-4-5-7-8(6)10-7/h6-10H,4-5H2,1-3H3;7-9H,4-6H2,1-3H3;6-10H,4-5H2,1-3H3;2*7-9H,4-6H2,1-3H3;2*6-8H,4-5H2,1-3H3. The highest BCUT2D eigenvalue weighted by Crippen LogP contribution is 2.70. The van der Waals surface area contributed by atoms with Crippen molar-refractivity contribution in [1.29, 1.82) is 0 Å². The highest BCUT2D eigenvalue weighted by atomic mass is 16.6. The summed E-state index contributed by atoms with van der Waals surface area (Å²) in [6.07, 6.45) is 32.8. The van der Waals surface area contributed by atoms with Gasteiger partial charge in [0.15, 0.2) is 0 Å². The largest absolute Gasteiger partial charge is 0.370 e. The molecule has 0 amide bonds. The molecule has 0 spiro atoms. The topological polar surface area (TPSA) is 87.7 Å². The lowest BCUT2D eigenvalue weighted by molar-refractivity contribution is 0.0508. The predicted molar refractivity (Wildman–Crippen MR) is 316 cm³/mol. The molecule has 7 heterocycles. The van der Waals surface area contributed by atoms with Crippen LogP contribution in [-0.4, -0.2) is 85.5 Å². The van der Waals surface area contributed by atoms with E-state index in [-0.39, 0.29) is 0 Å². The SMILES string of the molecule is CC(C)(C)C12CCC(C1)C1OC12.CC(C)(C)C1C2CCC1C1OC21.CC(C)(C)C1CC2CC1C1OC21.CC(C)(C)C1CC2OC2C1.CC(C)(C)C1CCC2OC21.CC(C)(C)C1CCC2OC2C1.CC(C)(C)C1CCCC2OC21. The molecule has 6 bridgehead atoms. The van der Waals surface area contributed by atoms with Gasteiger partial charge < -0.3 is 33.2 Å². The van der Waals surface area contributed by atoms with E-state index in [2.05, 4.69) is 145 Å². The van der Waals surface area contributed by atoms with Gasteiger partial charge in [-0.25, -0.2) is 0 Å². The summed E-state index contributed by atoms with van der Waals surface area (Å²) >= 11 is 0. The summed E-state index contributed by atoms with van der Waals surface area (Å²) in [6, 6.07) is 0. The van der Waals surface area contributed by atoms with Crippen molar-refractivity contribution in [3.8, 4) is 0 Å². The lowest BCUT2D eigenvalue weighted by atomic mass is 9.64. The second kappa shape index (κ2) is 20.4. The number of hydrogen-bond acceptors (Lipinski definition) is 7. The fourth-order valence-corrected chi connectivity index (χ4v) is 19.9. The monoisotopic (exact) mass is 1090 g/mol. The molecule has 24 atom stereocenters. The first-order chi connectivity index (χ1) is 36.0. The molecular weight excluding hydrogens is 965 g/mol. The zero-order valence-corrected chi connectivity index (χ0v) is 54.3. The third-order valence-electron chi connectivity index (χ3n) is 25.2. The lowest BCUT2D eigenvalue weighted by Gasteiger charge is -2.40. The maximum Gasteiger partial charge on any atom is 0.0905 e. The van der Waals surface area contributed by atoms with Crippen LogP contribution in [0.4, 0.5) is 0 Å². The van der Waals surface area contributed by atoms with Gasteiger partial charge in [-0.3, -0.25) is 0 Å². The van der Waals surface area contributed by atoms with E-state index in [0.717, 1.165) is 65.1 Å². The first kappa shape index (κ1) is 59.5. The number of ether oxygens (including phenoxy) is 7. The van der Waals surface area contributed by atoms with E-state index < -0.39 is 0 Å². The molecule has 7 nitrogen and oxygen atoms in total. The molecule has 17 aliphatic rings. The number of epoxide rings is 7. The quantitative estimate of drug-likeness (QED) is 0.223. The average molecular weight is 1090 g/mol. The normalized spacial score (nSPS) is 49.6. The third kappa shape index (κ3) is 12.4. The molecule has 10 saturated carbocycles. The summed E-state index contributed by atoms with van der Waals surface area (Å²) in [5.74, 6) is 9.96. The Balaban J connectivity index is 0.0000000967. The summed E-state index contributed by atoms with van der Waals surface area (Å²) in [7, 11) is 0. The molecule has 0 radical (unpaired) electrons. The fraction of sp³-hybridized carbons (Fsp3) is 1.00. The van der Waals surface area contributed by atoms with Crippen molar-refractivity contribution in [3.05, 3.63) is 0 Å². The Kier molecular flexibility index (Phi) is 15.6. The van der Waals surface area contributed by atoms with Crippen LogP contribution in [0.3, 0.4) is 0 Å². The van der Waals surface area contributed by atoms with Gasteiger partial charge in [-0.05, 0) is 206 Å². The van der Waals surface area contributed by atoms with Crippen LogP contribution in [0.1, 0.15) is 255 Å². The van der Waals surface area contributed by atoms with Crippen LogP contribution in [0.5, 0.6) is 0 Å².